The Kier molecular flexibility index (Phi) is 8.09. The Hall–Kier alpha value is -1.98. The van der Waals surface area contributed by atoms with Crippen LogP contribution in [0.4, 0.5) is 0 Å². The molecule has 0 aromatic rings. The highest BCUT2D eigenvalue weighted by atomic mass is 16.5. The topological polar surface area (TPSA) is 105 Å². The molecular weight excluding hydrogens is 236 g/mol. The SMILES string of the molecule is CC(N)=CC(=O)OCCCCOC(=O)C=C(C)N. The number of carbonyl (C=O) groups excluding carboxylic acids is 2. The van der Waals surface area contributed by atoms with Gasteiger partial charge in [0.25, 0.3) is 0 Å². The fraction of sp³-hybridized carbons (Fsp3) is 0.500. The van der Waals surface area contributed by atoms with Gasteiger partial charge >= 0.3 is 11.9 Å². The van der Waals surface area contributed by atoms with Crippen molar-refractivity contribution in [2.75, 3.05) is 13.2 Å². The van der Waals surface area contributed by atoms with Crippen LogP contribution in [0.2, 0.25) is 0 Å². The highest BCUT2D eigenvalue weighted by molar-refractivity contribution is 5.82. The number of esters is 2. The number of carbonyl (C=O) groups is 2. The van der Waals surface area contributed by atoms with Gasteiger partial charge in [0, 0.05) is 23.5 Å². The van der Waals surface area contributed by atoms with E-state index in [0.717, 1.165) is 0 Å². The van der Waals surface area contributed by atoms with Gasteiger partial charge in [0.2, 0.25) is 0 Å². The second-order valence-corrected chi connectivity index (χ2v) is 3.82. The van der Waals surface area contributed by atoms with Crippen molar-refractivity contribution in [1.29, 1.82) is 0 Å². The summed E-state index contributed by atoms with van der Waals surface area (Å²) < 4.78 is 9.71. The van der Waals surface area contributed by atoms with Gasteiger partial charge in [-0.1, -0.05) is 0 Å². The molecule has 0 aliphatic heterocycles. The van der Waals surface area contributed by atoms with Crippen LogP contribution >= 0.6 is 0 Å². The number of ether oxygens (including phenoxy) is 2. The molecular formula is C12H20N2O4. The summed E-state index contributed by atoms with van der Waals surface area (Å²) in [5.74, 6) is -0.928. The summed E-state index contributed by atoms with van der Waals surface area (Å²) in [7, 11) is 0. The number of unbranched alkanes of at least 4 members (excludes halogenated alkanes) is 1. The largest absolute Gasteiger partial charge is 0.462 e. The Morgan fingerprint density at radius 3 is 1.50 bits per heavy atom. The predicted molar refractivity (Wildman–Crippen MR) is 67.0 cm³/mol. The third-order valence-electron chi connectivity index (χ3n) is 1.72. The molecule has 0 radical (unpaired) electrons. The van der Waals surface area contributed by atoms with E-state index in [2.05, 4.69) is 0 Å². The fourth-order valence-corrected chi connectivity index (χ4v) is 1.00. The highest BCUT2D eigenvalue weighted by Crippen LogP contribution is 1.95. The minimum Gasteiger partial charge on any atom is -0.462 e. The lowest BCUT2D eigenvalue weighted by Gasteiger charge is -2.03. The van der Waals surface area contributed by atoms with E-state index in [1.54, 1.807) is 13.8 Å². The molecule has 0 aliphatic carbocycles. The molecule has 0 rings (SSSR count). The number of rotatable bonds is 7. The first-order valence-electron chi connectivity index (χ1n) is 5.63. The maximum atomic E-state index is 11.0. The van der Waals surface area contributed by atoms with E-state index in [-0.39, 0.29) is 13.2 Å². The average Bonchev–Trinajstić information content (AvgIpc) is 2.20. The van der Waals surface area contributed by atoms with Gasteiger partial charge in [-0.3, -0.25) is 0 Å². The average molecular weight is 256 g/mol. The maximum absolute atomic E-state index is 11.0. The van der Waals surface area contributed by atoms with Crippen molar-refractivity contribution >= 4 is 11.9 Å². The zero-order valence-electron chi connectivity index (χ0n) is 10.8. The smallest absolute Gasteiger partial charge is 0.332 e. The molecule has 0 unspecified atom stereocenters. The van der Waals surface area contributed by atoms with Crippen LogP contribution in [0.1, 0.15) is 26.7 Å². The third-order valence-corrected chi connectivity index (χ3v) is 1.72. The first-order valence-corrected chi connectivity index (χ1v) is 5.63. The Morgan fingerprint density at radius 2 is 1.22 bits per heavy atom. The lowest BCUT2D eigenvalue weighted by molar-refractivity contribution is -0.140. The Labute approximate surface area is 107 Å². The van der Waals surface area contributed by atoms with Crippen LogP contribution in [0.25, 0.3) is 0 Å². The first kappa shape index (κ1) is 16.0. The van der Waals surface area contributed by atoms with Gasteiger partial charge in [0.1, 0.15) is 0 Å². The molecule has 0 fully saturated rings. The number of hydrogen-bond donors (Lipinski definition) is 2. The minimum absolute atomic E-state index is 0.270. The summed E-state index contributed by atoms with van der Waals surface area (Å²) in [5, 5.41) is 0. The summed E-state index contributed by atoms with van der Waals surface area (Å²) in [6.45, 7) is 3.75. The van der Waals surface area contributed by atoms with Crippen molar-refractivity contribution in [3.05, 3.63) is 23.5 Å². The molecule has 0 aliphatic rings. The summed E-state index contributed by atoms with van der Waals surface area (Å²) in [6, 6.07) is 0. The molecule has 18 heavy (non-hydrogen) atoms. The molecule has 4 N–H and O–H groups in total. The number of nitrogens with two attached hydrogens (primary N) is 2. The van der Waals surface area contributed by atoms with Crippen molar-refractivity contribution in [3.8, 4) is 0 Å². The van der Waals surface area contributed by atoms with Crippen LogP contribution in [0.15, 0.2) is 23.5 Å². The van der Waals surface area contributed by atoms with E-state index < -0.39 is 11.9 Å². The van der Waals surface area contributed by atoms with Crippen molar-refractivity contribution in [2.24, 2.45) is 11.5 Å². The predicted octanol–water partition coefficient (Wildman–Crippen LogP) is 0.578. The molecule has 6 heteroatoms. The van der Waals surface area contributed by atoms with Gasteiger partial charge in [-0.05, 0) is 26.7 Å². The van der Waals surface area contributed by atoms with E-state index >= 15 is 0 Å². The van der Waals surface area contributed by atoms with Gasteiger partial charge in [-0.15, -0.1) is 0 Å². The van der Waals surface area contributed by atoms with Crippen molar-refractivity contribution in [2.45, 2.75) is 26.7 Å². The van der Waals surface area contributed by atoms with E-state index in [4.69, 9.17) is 20.9 Å². The van der Waals surface area contributed by atoms with Crippen molar-refractivity contribution in [1.82, 2.24) is 0 Å². The van der Waals surface area contributed by atoms with Crippen LogP contribution in [0.3, 0.4) is 0 Å². The molecule has 0 amide bonds. The molecule has 0 aromatic carbocycles. The Balaban J connectivity index is 3.53. The van der Waals surface area contributed by atoms with E-state index in [1.165, 1.54) is 12.2 Å². The van der Waals surface area contributed by atoms with Gasteiger partial charge in [0.05, 0.1) is 13.2 Å². The lowest BCUT2D eigenvalue weighted by Crippen LogP contribution is -2.08. The first-order chi connectivity index (χ1) is 8.41. The molecule has 0 spiro atoms. The monoisotopic (exact) mass is 256 g/mol. The Morgan fingerprint density at radius 1 is 0.889 bits per heavy atom. The summed E-state index contributed by atoms with van der Waals surface area (Å²) in [5.41, 5.74) is 11.4. The van der Waals surface area contributed by atoms with E-state index in [1.807, 2.05) is 0 Å². The number of allylic oxidation sites excluding steroid dienone is 2. The molecule has 0 bridgehead atoms. The van der Waals surface area contributed by atoms with Crippen molar-refractivity contribution < 1.29 is 19.1 Å². The minimum atomic E-state index is -0.464. The second-order valence-electron chi connectivity index (χ2n) is 3.82. The molecule has 0 atom stereocenters. The molecule has 0 aromatic heterocycles. The quantitative estimate of drug-likeness (QED) is 0.392. The van der Waals surface area contributed by atoms with E-state index in [9.17, 15) is 9.59 Å². The zero-order valence-corrected chi connectivity index (χ0v) is 10.8. The zero-order chi connectivity index (χ0) is 14.0. The van der Waals surface area contributed by atoms with Gasteiger partial charge in [-0.25, -0.2) is 9.59 Å². The van der Waals surface area contributed by atoms with Crippen LogP contribution in [0, 0.1) is 0 Å². The van der Waals surface area contributed by atoms with Crippen molar-refractivity contribution in [3.63, 3.8) is 0 Å². The second kappa shape index (κ2) is 9.09. The fourth-order valence-electron chi connectivity index (χ4n) is 1.00. The summed E-state index contributed by atoms with van der Waals surface area (Å²) >= 11 is 0. The van der Waals surface area contributed by atoms with Crippen LogP contribution in [-0.2, 0) is 19.1 Å². The standard InChI is InChI=1S/C12H20N2O4/c1-9(13)7-11(15)17-5-3-4-6-18-12(16)8-10(2)14/h7-8H,3-6,13-14H2,1-2H3. The van der Waals surface area contributed by atoms with Crippen LogP contribution in [-0.4, -0.2) is 25.2 Å². The van der Waals surface area contributed by atoms with Crippen LogP contribution < -0.4 is 11.5 Å². The molecule has 0 heterocycles. The lowest BCUT2D eigenvalue weighted by atomic mass is 10.3. The Bertz CT molecular complexity index is 306. The van der Waals surface area contributed by atoms with Crippen LogP contribution in [0.5, 0.6) is 0 Å². The maximum Gasteiger partial charge on any atom is 0.332 e. The van der Waals surface area contributed by atoms with E-state index in [0.29, 0.717) is 24.2 Å². The van der Waals surface area contributed by atoms with Gasteiger partial charge < -0.3 is 20.9 Å². The highest BCUT2D eigenvalue weighted by Gasteiger charge is 2.00. The van der Waals surface area contributed by atoms with Gasteiger partial charge in [0.15, 0.2) is 0 Å². The molecule has 0 saturated heterocycles. The van der Waals surface area contributed by atoms with Gasteiger partial charge in [-0.2, -0.15) is 0 Å². The third kappa shape index (κ3) is 10.5. The number of hydrogen-bond acceptors (Lipinski definition) is 6. The molecule has 0 saturated carbocycles. The molecule has 102 valence electrons. The molecule has 6 nitrogen and oxygen atoms in total. The normalized spacial score (nSPS) is 12.1. The summed E-state index contributed by atoms with van der Waals surface area (Å²) in [6.07, 6.45) is 3.66. The summed E-state index contributed by atoms with van der Waals surface area (Å²) in [4.78, 5) is 22.1.